The molecule has 24 heteroatoms. The van der Waals surface area contributed by atoms with Gasteiger partial charge in [-0.25, -0.2) is 43.7 Å². The van der Waals surface area contributed by atoms with Crippen LogP contribution in [0, 0.1) is 5.41 Å². The third-order valence-electron chi connectivity index (χ3n) is 7.87. The first-order valence-electron chi connectivity index (χ1n) is 17.2. The second kappa shape index (κ2) is 23.0. The standard InChI is InChI=1S/C38H42O24/c1-38(17-54-35(42)60-57-32(39)20-11-23(45-2)29(51-8)24(12-20)46-3,18-55-36(43)61-58-33(40)21-13-25(47-4)30(52-9)26(14-21)48-5)19-56-37(44)62-59-34(41)22-15-27(49-6)31(53-10)28(16-22)50-7/h11-16H,17-19H2,1-10H3. The molecule has 338 valence electrons. The highest BCUT2D eigenvalue weighted by Crippen LogP contribution is 2.40. The Bertz CT molecular complexity index is 1770. The number of rotatable bonds is 18. The second-order valence-electron chi connectivity index (χ2n) is 12.0. The van der Waals surface area contributed by atoms with Crippen LogP contribution in [-0.2, 0) is 43.5 Å². The summed E-state index contributed by atoms with van der Waals surface area (Å²) in [6, 6.07) is 7.29. The molecule has 0 aliphatic rings. The van der Waals surface area contributed by atoms with E-state index >= 15 is 0 Å². The predicted octanol–water partition coefficient (Wildman–Crippen LogP) is 4.85. The van der Waals surface area contributed by atoms with Crippen molar-refractivity contribution < 1.29 is 115 Å². The molecule has 24 nitrogen and oxygen atoms in total. The minimum atomic E-state index is -1.71. The lowest BCUT2D eigenvalue weighted by Gasteiger charge is -2.26. The molecule has 0 amide bonds. The lowest BCUT2D eigenvalue weighted by atomic mass is 9.94. The van der Waals surface area contributed by atoms with Crippen LogP contribution in [0.1, 0.15) is 38.0 Å². The van der Waals surface area contributed by atoms with Gasteiger partial charge in [0.25, 0.3) is 0 Å². The summed E-state index contributed by atoms with van der Waals surface area (Å²) in [4.78, 5) is 103. The average molecular weight is 883 g/mol. The number of carbonyl (C=O) groups excluding carboxylic acids is 6. The molecule has 0 aliphatic heterocycles. The lowest BCUT2D eigenvalue weighted by molar-refractivity contribution is -0.216. The van der Waals surface area contributed by atoms with E-state index in [2.05, 4.69) is 29.3 Å². The van der Waals surface area contributed by atoms with Crippen molar-refractivity contribution in [1.82, 2.24) is 0 Å². The minimum absolute atomic E-state index is 0.0844. The molecule has 0 radical (unpaired) electrons. The number of benzene rings is 3. The average Bonchev–Trinajstić information content (AvgIpc) is 3.30. The molecule has 0 fully saturated rings. The molecule has 0 heterocycles. The third kappa shape index (κ3) is 12.8. The van der Waals surface area contributed by atoms with Gasteiger partial charge in [0.05, 0.1) is 86.1 Å². The molecule has 0 atom stereocenters. The van der Waals surface area contributed by atoms with E-state index in [4.69, 9.17) is 56.8 Å². The van der Waals surface area contributed by atoms with Crippen LogP contribution in [0.5, 0.6) is 51.7 Å². The van der Waals surface area contributed by atoms with Gasteiger partial charge >= 0.3 is 36.4 Å². The van der Waals surface area contributed by atoms with Crippen LogP contribution in [0.3, 0.4) is 0 Å². The molecule has 3 aromatic carbocycles. The summed E-state index contributed by atoms with van der Waals surface area (Å²) in [5.41, 5.74) is -2.27. The van der Waals surface area contributed by atoms with Gasteiger partial charge in [-0.1, -0.05) is 0 Å². The van der Waals surface area contributed by atoms with Gasteiger partial charge in [-0.05, 0) is 43.3 Å². The highest BCUT2D eigenvalue weighted by molar-refractivity contribution is 5.92. The number of methoxy groups -OCH3 is 9. The number of carbonyl (C=O) groups is 6. The van der Waals surface area contributed by atoms with E-state index in [-0.39, 0.29) is 68.4 Å². The molecule has 0 bridgehead atoms. The maximum absolute atomic E-state index is 12.7. The molecule has 62 heavy (non-hydrogen) atoms. The van der Waals surface area contributed by atoms with Gasteiger partial charge in [0.2, 0.25) is 17.2 Å². The zero-order chi connectivity index (χ0) is 46.0. The van der Waals surface area contributed by atoms with Crippen LogP contribution < -0.4 is 42.6 Å². The van der Waals surface area contributed by atoms with Gasteiger partial charge in [-0.15, -0.1) is 0 Å². The first kappa shape index (κ1) is 48.4. The summed E-state index contributed by atoms with van der Waals surface area (Å²) < 4.78 is 61.7. The quantitative estimate of drug-likeness (QED) is 0.0715. The second-order valence-corrected chi connectivity index (χ2v) is 12.0. The van der Waals surface area contributed by atoms with Crippen LogP contribution >= 0.6 is 0 Å². The first-order valence-corrected chi connectivity index (χ1v) is 17.2. The van der Waals surface area contributed by atoms with Gasteiger partial charge < -0.3 is 56.8 Å². The highest BCUT2D eigenvalue weighted by atomic mass is 17.2. The Kier molecular flexibility index (Phi) is 18.0. The van der Waals surface area contributed by atoms with Crippen molar-refractivity contribution in [3.05, 3.63) is 53.1 Å². The summed E-state index contributed by atoms with van der Waals surface area (Å²) in [6.45, 7) is -1.15. The number of hydrogen-bond donors (Lipinski definition) is 0. The van der Waals surface area contributed by atoms with Crippen LogP contribution in [-0.4, -0.2) is 120 Å². The normalized spacial score (nSPS) is 10.4. The van der Waals surface area contributed by atoms with Crippen LogP contribution in [0.4, 0.5) is 14.4 Å². The summed E-state index contributed by atoms with van der Waals surface area (Å²) in [5.74, 6) is -2.58. The molecule has 0 aliphatic carbocycles. The van der Waals surface area contributed by atoms with Crippen molar-refractivity contribution in [2.45, 2.75) is 6.92 Å². The van der Waals surface area contributed by atoms with Gasteiger partial charge in [0.1, 0.15) is 19.8 Å². The minimum Gasteiger partial charge on any atom is -0.493 e. The van der Waals surface area contributed by atoms with Gasteiger partial charge in [0.15, 0.2) is 34.5 Å². The third-order valence-corrected chi connectivity index (χ3v) is 7.87. The smallest absolute Gasteiger partial charge is 0.493 e. The van der Waals surface area contributed by atoms with Crippen molar-refractivity contribution >= 4 is 36.4 Å². The Hall–Kier alpha value is -7.92. The Balaban J connectivity index is 1.69. The summed E-state index contributed by atoms with van der Waals surface area (Å²) in [6.07, 6.45) is -4.79. The molecule has 0 spiro atoms. The molecule has 3 aromatic rings. The molecule has 0 saturated heterocycles. The first-order chi connectivity index (χ1) is 29.6. The molecule has 0 saturated carbocycles. The fraction of sp³-hybridized carbons (Fsp3) is 0.368. The summed E-state index contributed by atoms with van der Waals surface area (Å²) in [5, 5.41) is 0. The Morgan fingerprint density at radius 2 is 0.565 bits per heavy atom. The zero-order valence-electron chi connectivity index (χ0n) is 34.9. The van der Waals surface area contributed by atoms with E-state index in [1.54, 1.807) is 0 Å². The van der Waals surface area contributed by atoms with Crippen molar-refractivity contribution in [3.63, 3.8) is 0 Å². The summed E-state index contributed by atoms with van der Waals surface area (Å²) >= 11 is 0. The fourth-order valence-electron chi connectivity index (χ4n) is 4.85. The Morgan fingerprint density at radius 3 is 0.742 bits per heavy atom. The van der Waals surface area contributed by atoms with Crippen molar-refractivity contribution in [1.29, 1.82) is 0 Å². The van der Waals surface area contributed by atoms with Gasteiger partial charge in [-0.2, -0.15) is 14.4 Å². The zero-order valence-corrected chi connectivity index (χ0v) is 34.9. The van der Waals surface area contributed by atoms with Crippen molar-refractivity contribution in [2.24, 2.45) is 5.41 Å². The SMILES string of the molecule is COc1cc(C(=O)OOC(=O)OCC(C)(COC(=O)OOC(=O)c2cc(OC)c(OC)c(OC)c2)COC(=O)OOC(=O)c2cc(OC)c(OC)c(OC)c2)cc(OC)c1OC. The maximum atomic E-state index is 12.7. The Labute approximate surface area is 352 Å². The summed E-state index contributed by atoms with van der Waals surface area (Å²) in [7, 11) is 11.9. The molecule has 0 unspecified atom stereocenters. The van der Waals surface area contributed by atoms with E-state index in [0.29, 0.717) is 0 Å². The topological polar surface area (TPSA) is 269 Å². The largest absolute Gasteiger partial charge is 0.549 e. The predicted molar refractivity (Wildman–Crippen MR) is 200 cm³/mol. The van der Waals surface area contributed by atoms with E-state index in [0.717, 1.165) is 0 Å². The van der Waals surface area contributed by atoms with Crippen LogP contribution in [0.2, 0.25) is 0 Å². The van der Waals surface area contributed by atoms with E-state index in [1.807, 2.05) is 0 Å². The monoisotopic (exact) mass is 882 g/mol. The van der Waals surface area contributed by atoms with E-state index in [9.17, 15) is 28.8 Å². The number of hydrogen-bond acceptors (Lipinski definition) is 24. The molecule has 0 N–H and O–H groups in total. The fourth-order valence-corrected chi connectivity index (χ4v) is 4.85. The molecule has 0 aromatic heterocycles. The van der Waals surface area contributed by atoms with Crippen LogP contribution in [0.15, 0.2) is 36.4 Å². The van der Waals surface area contributed by atoms with E-state index in [1.165, 1.54) is 107 Å². The van der Waals surface area contributed by atoms with E-state index < -0.39 is 61.6 Å². The van der Waals surface area contributed by atoms with Gasteiger partial charge in [0, 0.05) is 0 Å². The lowest BCUT2D eigenvalue weighted by Crippen LogP contribution is -2.37. The molecular formula is C38H42O24. The van der Waals surface area contributed by atoms with Crippen molar-refractivity contribution in [3.8, 4) is 51.7 Å². The number of ether oxygens (including phenoxy) is 12. The van der Waals surface area contributed by atoms with Gasteiger partial charge in [-0.3, -0.25) is 0 Å². The Morgan fingerprint density at radius 1 is 0.355 bits per heavy atom. The maximum Gasteiger partial charge on any atom is 0.549 e. The molecular weight excluding hydrogens is 840 g/mol. The van der Waals surface area contributed by atoms with Crippen molar-refractivity contribution in [2.75, 3.05) is 83.8 Å². The van der Waals surface area contributed by atoms with Crippen LogP contribution in [0.25, 0.3) is 0 Å². The highest BCUT2D eigenvalue weighted by Gasteiger charge is 2.34. The molecule has 3 rings (SSSR count).